The molecule has 1 aromatic rings. The molecule has 1 heterocycles. The van der Waals surface area contributed by atoms with E-state index in [0.29, 0.717) is 0 Å². The number of aromatic nitrogens is 1. The molecule has 0 saturated heterocycles. The van der Waals surface area contributed by atoms with Gasteiger partial charge in [0.25, 0.3) is 5.56 Å². The minimum Gasteiger partial charge on any atom is -0.319 e. The van der Waals surface area contributed by atoms with Crippen LogP contribution >= 0.6 is 15.9 Å². The van der Waals surface area contributed by atoms with Crippen molar-refractivity contribution in [2.75, 3.05) is 0 Å². The van der Waals surface area contributed by atoms with E-state index in [1.54, 1.807) is 0 Å². The third kappa shape index (κ3) is 1.42. The Kier molecular flexibility index (Phi) is 0.931. The van der Waals surface area contributed by atoms with Gasteiger partial charge in [-0.2, -0.15) is 0 Å². The van der Waals surface area contributed by atoms with Gasteiger partial charge in [-0.15, -0.1) is 0 Å². The first-order valence-electron chi connectivity index (χ1n) is 3.79. The largest absolute Gasteiger partial charge is 0.319 e. The first kappa shape index (κ1) is 3.56. The molecule has 0 saturated carbocycles. The van der Waals surface area contributed by atoms with Crippen molar-refractivity contribution in [3.63, 3.8) is 0 Å². The lowest BCUT2D eigenvalue weighted by molar-refractivity contribution is 0.858. The third-order valence-corrected chi connectivity index (χ3v) is 1.25. The fraction of sp³-hybridized carbons (Fsp3) is 0.167. The molecule has 0 radical (unpaired) electrons. The van der Waals surface area contributed by atoms with E-state index in [2.05, 4.69) is 15.9 Å². The lowest BCUT2D eigenvalue weighted by Crippen LogP contribution is -2.13. The van der Waals surface area contributed by atoms with Gasteiger partial charge in [-0.05, 0) is 6.04 Å². The van der Waals surface area contributed by atoms with Gasteiger partial charge < -0.3 is 4.57 Å². The number of halogens is 1. The summed E-state index contributed by atoms with van der Waals surface area (Å²) in [7, 11) is 1.37. The molecule has 0 aliphatic carbocycles. The van der Waals surface area contributed by atoms with Crippen LogP contribution in [0.15, 0.2) is 27.5 Å². The van der Waals surface area contributed by atoms with Gasteiger partial charge >= 0.3 is 0 Å². The Bertz CT molecular complexity index is 355. The van der Waals surface area contributed by atoms with E-state index in [1.165, 1.54) is 7.05 Å². The second-order valence-corrected chi connectivity index (χ2v) is 2.33. The smallest absolute Gasteiger partial charge is 0.251 e. The number of pyridine rings is 1. The summed E-state index contributed by atoms with van der Waals surface area (Å²) in [6, 6.07) is -0.416. The molecular formula is C6H6BrNO. The van der Waals surface area contributed by atoms with Crippen LogP contribution in [0.2, 0.25) is 0 Å². The molecule has 0 N–H and O–H groups in total. The maximum absolute atomic E-state index is 11.1. The molecular weight excluding hydrogens is 182 g/mol. The average Bonchev–Trinajstić information content (AvgIpc) is 2.08. The van der Waals surface area contributed by atoms with Gasteiger partial charge in [0.2, 0.25) is 0 Å². The highest BCUT2D eigenvalue weighted by atomic mass is 79.9. The quantitative estimate of drug-likeness (QED) is 0.602. The van der Waals surface area contributed by atoms with Crippen LogP contribution in [-0.2, 0) is 7.05 Å². The van der Waals surface area contributed by atoms with Crippen molar-refractivity contribution in [3.8, 4) is 0 Å². The summed E-state index contributed by atoms with van der Waals surface area (Å²) < 4.78 is 22.9. The normalized spacial score (nSPS) is 14.2. The van der Waals surface area contributed by atoms with Crippen LogP contribution in [0.25, 0.3) is 0 Å². The van der Waals surface area contributed by atoms with Crippen molar-refractivity contribution in [1.82, 2.24) is 4.57 Å². The molecule has 0 unspecified atom stereocenters. The van der Waals surface area contributed by atoms with Crippen LogP contribution in [0.5, 0.6) is 0 Å². The molecule has 1 aromatic heterocycles. The van der Waals surface area contributed by atoms with Gasteiger partial charge in [0.05, 0.1) is 4.11 Å². The van der Waals surface area contributed by atoms with Crippen LogP contribution in [-0.4, -0.2) is 4.57 Å². The van der Waals surface area contributed by atoms with Gasteiger partial charge in [-0.1, -0.05) is 15.9 Å². The van der Waals surface area contributed by atoms with Crippen molar-refractivity contribution in [3.05, 3.63) is 33.1 Å². The summed E-state index contributed by atoms with van der Waals surface area (Å²) >= 11 is 2.91. The van der Waals surface area contributed by atoms with Crippen molar-refractivity contribution in [2.24, 2.45) is 7.05 Å². The average molecular weight is 191 g/mol. The van der Waals surface area contributed by atoms with Crippen molar-refractivity contribution >= 4 is 15.9 Å². The van der Waals surface area contributed by atoms with E-state index in [1.807, 2.05) is 0 Å². The van der Waals surface area contributed by atoms with Crippen LogP contribution < -0.4 is 5.56 Å². The zero-order valence-corrected chi connectivity index (χ0v) is 6.32. The summed E-state index contributed by atoms with van der Waals surface area (Å²) in [5.74, 6) is 0. The fourth-order valence-corrected chi connectivity index (χ4v) is 0.651. The predicted molar refractivity (Wildman–Crippen MR) is 39.4 cm³/mol. The molecule has 0 amide bonds. The maximum atomic E-state index is 11.1. The summed E-state index contributed by atoms with van der Waals surface area (Å²) in [5, 5.41) is 0. The molecule has 0 fully saturated rings. The van der Waals surface area contributed by atoms with Gasteiger partial charge in [0.15, 0.2) is 0 Å². The highest BCUT2D eigenvalue weighted by molar-refractivity contribution is 9.10. The molecule has 3 heteroatoms. The molecule has 1 rings (SSSR count). The minimum atomic E-state index is -0.567. The molecule has 0 aromatic carbocycles. The highest BCUT2D eigenvalue weighted by Gasteiger charge is 1.87. The number of rotatable bonds is 0. The standard InChI is InChI=1S/C6H6BrNO/c1-8-3-2-5(7)4-6(8)9/h2-4H,1H3/i2D,3D,4D. The Balaban J connectivity index is 3.73. The fourth-order valence-electron chi connectivity index (χ4n) is 0.393. The zero-order valence-electron chi connectivity index (χ0n) is 7.73. The van der Waals surface area contributed by atoms with Gasteiger partial charge in [0.1, 0.15) is 0 Å². The highest BCUT2D eigenvalue weighted by Crippen LogP contribution is 2.02. The molecule has 0 aliphatic rings. The van der Waals surface area contributed by atoms with E-state index < -0.39 is 5.56 Å². The summed E-state index contributed by atoms with van der Waals surface area (Å²) in [6.07, 6.45) is -0.192. The maximum Gasteiger partial charge on any atom is 0.251 e. The second kappa shape index (κ2) is 2.35. The first-order chi connectivity index (χ1) is 5.46. The van der Waals surface area contributed by atoms with Gasteiger partial charge in [-0.25, -0.2) is 0 Å². The Morgan fingerprint density at radius 3 is 3.22 bits per heavy atom. The predicted octanol–water partition coefficient (Wildman–Crippen LogP) is 1.15. The minimum absolute atomic E-state index is 0.0793. The molecule has 0 atom stereocenters. The Hall–Kier alpha value is -0.570. The Morgan fingerprint density at radius 2 is 2.56 bits per heavy atom. The topological polar surface area (TPSA) is 22.0 Å². The van der Waals surface area contributed by atoms with E-state index in [0.717, 1.165) is 4.57 Å². The third-order valence-electron chi connectivity index (χ3n) is 0.855. The van der Waals surface area contributed by atoms with Crippen molar-refractivity contribution in [1.29, 1.82) is 0 Å². The zero-order chi connectivity index (χ0) is 9.46. The van der Waals surface area contributed by atoms with Crippen molar-refractivity contribution < 1.29 is 4.11 Å². The summed E-state index contributed by atoms with van der Waals surface area (Å²) in [5.41, 5.74) is -0.567. The molecule has 0 spiro atoms. The van der Waals surface area contributed by atoms with E-state index in [4.69, 9.17) is 4.11 Å². The van der Waals surface area contributed by atoms with Gasteiger partial charge in [-0.3, -0.25) is 4.79 Å². The van der Waals surface area contributed by atoms with Crippen LogP contribution in [0, 0.1) is 0 Å². The lowest BCUT2D eigenvalue weighted by atomic mass is 10.5. The second-order valence-electron chi connectivity index (χ2n) is 1.54. The monoisotopic (exact) mass is 190 g/mol. The van der Waals surface area contributed by atoms with E-state index in [9.17, 15) is 4.79 Å². The molecule has 9 heavy (non-hydrogen) atoms. The number of nitrogens with zero attached hydrogens (tertiary/aromatic N) is 1. The van der Waals surface area contributed by atoms with Crippen LogP contribution in [0.1, 0.15) is 4.11 Å². The summed E-state index contributed by atoms with van der Waals surface area (Å²) in [4.78, 5) is 11.1. The van der Waals surface area contributed by atoms with Crippen molar-refractivity contribution in [2.45, 2.75) is 0 Å². The van der Waals surface area contributed by atoms with Gasteiger partial charge in [0, 0.05) is 23.7 Å². The Labute approximate surface area is 65.5 Å². The van der Waals surface area contributed by atoms with Crippen LogP contribution in [0.4, 0.5) is 0 Å². The molecule has 2 nitrogen and oxygen atoms in total. The molecule has 0 bridgehead atoms. The SMILES string of the molecule is [2H]c1c(Br)c([2H])c(=O)n(C)c1[2H]. The van der Waals surface area contributed by atoms with E-state index in [-0.39, 0.29) is 22.7 Å². The number of hydrogen-bond acceptors (Lipinski definition) is 1. The summed E-state index contributed by atoms with van der Waals surface area (Å²) in [6.45, 7) is 0. The Morgan fingerprint density at radius 1 is 1.89 bits per heavy atom. The number of hydrogen-bond donors (Lipinski definition) is 0. The molecule has 0 aliphatic heterocycles. The first-order valence-corrected chi connectivity index (χ1v) is 3.08. The molecule has 48 valence electrons. The van der Waals surface area contributed by atoms with Crippen LogP contribution in [0.3, 0.4) is 0 Å². The lowest BCUT2D eigenvalue weighted by Gasteiger charge is -1.92. The van der Waals surface area contributed by atoms with E-state index >= 15 is 0 Å².